The summed E-state index contributed by atoms with van der Waals surface area (Å²) in [5, 5.41) is 6.04. The van der Waals surface area contributed by atoms with Crippen LogP contribution >= 0.6 is 12.2 Å². The van der Waals surface area contributed by atoms with Gasteiger partial charge in [0.1, 0.15) is 5.70 Å². The topological polar surface area (TPSA) is 62.2 Å². The Morgan fingerprint density at radius 3 is 2.32 bits per heavy atom. The number of hydrogen-bond acceptors (Lipinski definition) is 5. The third kappa shape index (κ3) is 4.15. The molecular weight excluding hydrogens is 374 g/mol. The maximum atomic E-state index is 13.0. The van der Waals surface area contributed by atoms with Crippen molar-refractivity contribution in [2.75, 3.05) is 7.11 Å². The molecule has 0 atom stereocenters. The Labute approximate surface area is 168 Å². The average molecular weight is 393 g/mol. The lowest BCUT2D eigenvalue weighted by molar-refractivity contribution is -0.135. The molecule has 2 aromatic carbocycles. The fraction of sp³-hybridized carbons (Fsp3) is 0.143. The molecule has 0 spiro atoms. The summed E-state index contributed by atoms with van der Waals surface area (Å²) in [6.07, 6.45) is 1.11. The van der Waals surface area contributed by atoms with Crippen LogP contribution in [0.2, 0.25) is 0 Å². The lowest BCUT2D eigenvalue weighted by atomic mass is 10.1. The zero-order valence-corrected chi connectivity index (χ0v) is 16.3. The van der Waals surface area contributed by atoms with Gasteiger partial charge in [0.2, 0.25) is 5.11 Å². The van der Waals surface area contributed by atoms with E-state index in [1.807, 2.05) is 67.6 Å². The van der Waals surface area contributed by atoms with E-state index in [0.717, 1.165) is 17.2 Å². The SMILES string of the molecule is COC(=O)/C=C1\C(=O)N(Cc2ccccc2)C(=S)N1/N=C(/C)c1ccccc1. The van der Waals surface area contributed by atoms with Gasteiger partial charge in [0.25, 0.3) is 5.91 Å². The molecular formula is C21H19N3O3S. The van der Waals surface area contributed by atoms with Crippen LogP contribution in [-0.2, 0) is 20.9 Å². The van der Waals surface area contributed by atoms with Crippen LogP contribution in [0.3, 0.4) is 0 Å². The lowest BCUT2D eigenvalue weighted by Gasteiger charge is -2.17. The third-order valence-electron chi connectivity index (χ3n) is 4.19. The number of rotatable bonds is 5. The summed E-state index contributed by atoms with van der Waals surface area (Å²) in [6, 6.07) is 19.0. The second-order valence-electron chi connectivity index (χ2n) is 6.08. The van der Waals surface area contributed by atoms with Gasteiger partial charge >= 0.3 is 5.97 Å². The molecule has 2 aromatic rings. The zero-order valence-electron chi connectivity index (χ0n) is 15.5. The number of esters is 1. The summed E-state index contributed by atoms with van der Waals surface area (Å²) in [4.78, 5) is 26.2. The maximum absolute atomic E-state index is 13.0. The van der Waals surface area contributed by atoms with Gasteiger partial charge in [-0.05, 0) is 30.3 Å². The second-order valence-corrected chi connectivity index (χ2v) is 6.44. The summed E-state index contributed by atoms with van der Waals surface area (Å²) in [7, 11) is 1.25. The van der Waals surface area contributed by atoms with Gasteiger partial charge in [0.05, 0.1) is 25.4 Å². The third-order valence-corrected chi connectivity index (χ3v) is 4.58. The monoisotopic (exact) mass is 393 g/mol. The first-order valence-corrected chi connectivity index (χ1v) is 9.02. The first kappa shape index (κ1) is 19.4. The quantitative estimate of drug-likeness (QED) is 0.338. The van der Waals surface area contributed by atoms with Crippen LogP contribution in [0.5, 0.6) is 0 Å². The summed E-state index contributed by atoms with van der Waals surface area (Å²) in [6.45, 7) is 2.10. The summed E-state index contributed by atoms with van der Waals surface area (Å²) >= 11 is 5.50. The summed E-state index contributed by atoms with van der Waals surface area (Å²) in [5.74, 6) is -1.05. The Bertz CT molecular complexity index is 955. The Balaban J connectivity index is 1.98. The van der Waals surface area contributed by atoms with Crippen LogP contribution in [0.15, 0.2) is 77.5 Å². The number of benzene rings is 2. The minimum Gasteiger partial charge on any atom is -0.466 e. The van der Waals surface area contributed by atoms with Crippen molar-refractivity contribution >= 4 is 34.9 Å². The molecule has 6 nitrogen and oxygen atoms in total. The zero-order chi connectivity index (χ0) is 20.1. The van der Waals surface area contributed by atoms with Crippen molar-refractivity contribution in [3.05, 3.63) is 83.6 Å². The first-order chi connectivity index (χ1) is 13.5. The smallest absolute Gasteiger partial charge is 0.332 e. The molecule has 3 rings (SSSR count). The van der Waals surface area contributed by atoms with Crippen LogP contribution in [0.4, 0.5) is 0 Å². The van der Waals surface area contributed by atoms with E-state index in [1.54, 1.807) is 0 Å². The molecule has 1 aliphatic rings. The predicted molar refractivity (Wildman–Crippen MR) is 110 cm³/mol. The average Bonchev–Trinajstić information content (AvgIpc) is 2.93. The van der Waals surface area contributed by atoms with E-state index in [0.29, 0.717) is 5.71 Å². The van der Waals surface area contributed by atoms with Crippen molar-refractivity contribution in [2.24, 2.45) is 5.10 Å². The molecule has 1 aliphatic heterocycles. The van der Waals surface area contributed by atoms with E-state index < -0.39 is 11.9 Å². The Hall–Kier alpha value is -3.32. The van der Waals surface area contributed by atoms with Crippen molar-refractivity contribution in [3.63, 3.8) is 0 Å². The predicted octanol–water partition coefficient (Wildman–Crippen LogP) is 3.10. The summed E-state index contributed by atoms with van der Waals surface area (Å²) < 4.78 is 4.68. The van der Waals surface area contributed by atoms with E-state index in [1.165, 1.54) is 17.0 Å². The van der Waals surface area contributed by atoms with Gasteiger partial charge in [-0.1, -0.05) is 60.7 Å². The molecule has 0 aromatic heterocycles. The van der Waals surface area contributed by atoms with Gasteiger partial charge in [-0.2, -0.15) is 5.10 Å². The second kappa shape index (κ2) is 8.58. The number of hydrogen-bond donors (Lipinski definition) is 0. The van der Waals surface area contributed by atoms with E-state index in [2.05, 4.69) is 9.84 Å². The van der Waals surface area contributed by atoms with Crippen LogP contribution < -0.4 is 0 Å². The Kier molecular flexibility index (Phi) is 5.96. The minimum atomic E-state index is -0.648. The summed E-state index contributed by atoms with van der Waals surface area (Å²) in [5.41, 5.74) is 2.52. The molecule has 0 aliphatic carbocycles. The highest BCUT2D eigenvalue weighted by molar-refractivity contribution is 7.80. The van der Waals surface area contributed by atoms with E-state index in [9.17, 15) is 9.59 Å². The van der Waals surface area contributed by atoms with Crippen LogP contribution in [-0.4, -0.2) is 39.7 Å². The molecule has 0 bridgehead atoms. The molecule has 0 unspecified atom stereocenters. The maximum Gasteiger partial charge on any atom is 0.332 e. The van der Waals surface area contributed by atoms with Crippen molar-refractivity contribution in [1.29, 1.82) is 0 Å². The fourth-order valence-corrected chi connectivity index (χ4v) is 3.00. The van der Waals surface area contributed by atoms with Gasteiger partial charge in [-0.15, -0.1) is 0 Å². The highest BCUT2D eigenvalue weighted by Gasteiger charge is 2.39. The van der Waals surface area contributed by atoms with Gasteiger partial charge < -0.3 is 4.74 Å². The Morgan fingerprint density at radius 2 is 1.71 bits per heavy atom. The number of amides is 1. The van der Waals surface area contributed by atoms with Crippen molar-refractivity contribution in [3.8, 4) is 0 Å². The van der Waals surface area contributed by atoms with Crippen LogP contribution in [0.1, 0.15) is 18.1 Å². The van der Waals surface area contributed by atoms with Gasteiger partial charge in [-0.25, -0.2) is 9.80 Å². The number of nitrogens with zero attached hydrogens (tertiary/aromatic N) is 3. The highest BCUT2D eigenvalue weighted by Crippen LogP contribution is 2.25. The molecule has 28 heavy (non-hydrogen) atoms. The van der Waals surface area contributed by atoms with Crippen molar-refractivity contribution < 1.29 is 14.3 Å². The first-order valence-electron chi connectivity index (χ1n) is 8.61. The molecule has 1 fully saturated rings. The van der Waals surface area contributed by atoms with E-state index in [-0.39, 0.29) is 17.4 Å². The molecule has 0 saturated carbocycles. The van der Waals surface area contributed by atoms with Gasteiger partial charge in [0.15, 0.2) is 0 Å². The van der Waals surface area contributed by atoms with Crippen molar-refractivity contribution in [1.82, 2.24) is 9.91 Å². The standard InChI is InChI=1S/C21H19N3O3S/c1-15(17-11-7-4-8-12-17)22-24-18(13-19(25)27-2)20(26)23(21(24)28)14-16-9-5-3-6-10-16/h3-13H,14H2,1-2H3/b18-13+,22-15-. The van der Waals surface area contributed by atoms with Gasteiger partial charge in [-0.3, -0.25) is 9.69 Å². The molecule has 1 heterocycles. The number of carbonyl (C=O) groups excluding carboxylic acids is 2. The molecule has 142 valence electrons. The minimum absolute atomic E-state index is 0.0584. The number of ether oxygens (including phenoxy) is 1. The normalized spacial score (nSPS) is 16.1. The number of methoxy groups -OCH3 is 1. The molecule has 1 saturated heterocycles. The van der Waals surface area contributed by atoms with E-state index in [4.69, 9.17) is 12.2 Å². The Morgan fingerprint density at radius 1 is 1.11 bits per heavy atom. The van der Waals surface area contributed by atoms with Gasteiger partial charge in [0, 0.05) is 0 Å². The van der Waals surface area contributed by atoms with E-state index >= 15 is 0 Å². The van der Waals surface area contributed by atoms with Crippen LogP contribution in [0.25, 0.3) is 0 Å². The number of hydrazone groups is 1. The van der Waals surface area contributed by atoms with Crippen molar-refractivity contribution in [2.45, 2.75) is 13.5 Å². The molecule has 1 amide bonds. The molecule has 0 N–H and O–H groups in total. The fourth-order valence-electron chi connectivity index (χ4n) is 2.72. The number of carbonyl (C=O) groups is 2. The molecule has 7 heteroatoms. The lowest BCUT2D eigenvalue weighted by Crippen LogP contribution is -2.30. The number of thiocarbonyl (C=S) groups is 1. The molecule has 0 radical (unpaired) electrons. The highest BCUT2D eigenvalue weighted by atomic mass is 32.1. The largest absolute Gasteiger partial charge is 0.466 e. The van der Waals surface area contributed by atoms with Crippen LogP contribution in [0, 0.1) is 0 Å².